The number of amides is 2. The van der Waals surface area contributed by atoms with E-state index in [9.17, 15) is 9.59 Å². The Balaban J connectivity index is 1.88. The van der Waals surface area contributed by atoms with E-state index in [-0.39, 0.29) is 12.5 Å². The molecular weight excluding hydrogens is 234 g/mol. The van der Waals surface area contributed by atoms with Crippen LogP contribution in [0.2, 0.25) is 0 Å². The first kappa shape index (κ1) is 12.4. The first-order valence-electron chi connectivity index (χ1n) is 5.69. The maximum absolute atomic E-state index is 11.7. The second-order valence-corrected chi connectivity index (χ2v) is 3.99. The molecule has 0 radical (unpaired) electrons. The van der Waals surface area contributed by atoms with Gasteiger partial charge in [-0.05, 0) is 17.7 Å². The van der Waals surface area contributed by atoms with E-state index in [1.807, 2.05) is 12.1 Å². The lowest BCUT2D eigenvalue weighted by atomic mass is 10.2. The van der Waals surface area contributed by atoms with E-state index in [1.54, 1.807) is 12.1 Å². The van der Waals surface area contributed by atoms with Gasteiger partial charge in [0.15, 0.2) is 0 Å². The zero-order chi connectivity index (χ0) is 13.0. The van der Waals surface area contributed by atoms with Crippen molar-refractivity contribution in [1.82, 2.24) is 4.90 Å². The van der Waals surface area contributed by atoms with Crippen molar-refractivity contribution in [1.29, 1.82) is 0 Å². The monoisotopic (exact) mass is 249 g/mol. The number of rotatable bonds is 4. The van der Waals surface area contributed by atoms with Crippen molar-refractivity contribution >= 4 is 17.7 Å². The standard InChI is InChI=1S/C12H15N3O3/c13-7-9-1-3-10(4-2-9)14-11(16)8-15-5-6-18-12(15)17/h1-4H,5-8,13H2,(H,14,16). The van der Waals surface area contributed by atoms with Gasteiger partial charge in [-0.3, -0.25) is 9.69 Å². The summed E-state index contributed by atoms with van der Waals surface area (Å²) in [5.74, 6) is -0.241. The number of carbonyl (C=O) groups excluding carboxylic acids is 2. The lowest BCUT2D eigenvalue weighted by molar-refractivity contribution is -0.116. The van der Waals surface area contributed by atoms with Gasteiger partial charge in [0.05, 0.1) is 6.54 Å². The molecule has 3 N–H and O–H groups in total. The number of cyclic esters (lactones) is 1. The first-order chi connectivity index (χ1) is 8.69. The molecule has 1 fully saturated rings. The Labute approximate surface area is 105 Å². The molecule has 0 bridgehead atoms. The molecule has 18 heavy (non-hydrogen) atoms. The summed E-state index contributed by atoms with van der Waals surface area (Å²) in [5, 5.41) is 2.71. The summed E-state index contributed by atoms with van der Waals surface area (Å²) in [6.07, 6.45) is -0.441. The highest BCUT2D eigenvalue weighted by Crippen LogP contribution is 2.09. The Morgan fingerprint density at radius 3 is 2.67 bits per heavy atom. The molecular formula is C12H15N3O3. The third-order valence-electron chi connectivity index (χ3n) is 2.65. The number of hydrogen-bond acceptors (Lipinski definition) is 4. The van der Waals surface area contributed by atoms with Gasteiger partial charge in [-0.2, -0.15) is 0 Å². The number of hydrogen-bond donors (Lipinski definition) is 2. The molecule has 1 aliphatic rings. The van der Waals surface area contributed by atoms with Gasteiger partial charge in [-0.1, -0.05) is 12.1 Å². The van der Waals surface area contributed by atoms with Crippen molar-refractivity contribution in [3.63, 3.8) is 0 Å². The van der Waals surface area contributed by atoms with Gasteiger partial charge >= 0.3 is 6.09 Å². The molecule has 96 valence electrons. The van der Waals surface area contributed by atoms with Crippen LogP contribution in [0.25, 0.3) is 0 Å². The number of nitrogens with two attached hydrogens (primary N) is 1. The van der Waals surface area contributed by atoms with Crippen molar-refractivity contribution in [2.45, 2.75) is 6.54 Å². The van der Waals surface area contributed by atoms with Gasteiger partial charge in [0.1, 0.15) is 13.2 Å². The minimum Gasteiger partial charge on any atom is -0.448 e. The fourth-order valence-corrected chi connectivity index (χ4v) is 1.67. The molecule has 1 saturated heterocycles. The van der Waals surface area contributed by atoms with Crippen LogP contribution in [0.4, 0.5) is 10.5 Å². The van der Waals surface area contributed by atoms with E-state index in [0.717, 1.165) is 5.56 Å². The largest absolute Gasteiger partial charge is 0.448 e. The van der Waals surface area contributed by atoms with Crippen LogP contribution in [-0.2, 0) is 16.1 Å². The van der Waals surface area contributed by atoms with Crippen molar-refractivity contribution in [2.75, 3.05) is 25.0 Å². The van der Waals surface area contributed by atoms with Gasteiger partial charge in [-0.25, -0.2) is 4.79 Å². The average molecular weight is 249 g/mol. The third-order valence-corrected chi connectivity index (χ3v) is 2.65. The van der Waals surface area contributed by atoms with Crippen LogP contribution < -0.4 is 11.1 Å². The molecule has 0 atom stereocenters. The summed E-state index contributed by atoms with van der Waals surface area (Å²) in [6.45, 7) is 1.28. The van der Waals surface area contributed by atoms with Crippen molar-refractivity contribution < 1.29 is 14.3 Å². The Morgan fingerprint density at radius 1 is 1.39 bits per heavy atom. The van der Waals surface area contributed by atoms with Crippen molar-refractivity contribution in [3.8, 4) is 0 Å². The summed E-state index contributed by atoms with van der Waals surface area (Å²) in [4.78, 5) is 24.2. The second kappa shape index (κ2) is 5.50. The number of ether oxygens (including phenoxy) is 1. The fraction of sp³-hybridized carbons (Fsp3) is 0.333. The molecule has 0 unspecified atom stereocenters. The number of carbonyl (C=O) groups is 2. The minimum atomic E-state index is -0.441. The van der Waals surface area contributed by atoms with Crippen LogP contribution in [0.1, 0.15) is 5.56 Å². The smallest absolute Gasteiger partial charge is 0.410 e. The molecule has 1 aliphatic heterocycles. The van der Waals surface area contributed by atoms with Crippen LogP contribution in [0.15, 0.2) is 24.3 Å². The number of nitrogens with one attached hydrogen (secondary N) is 1. The zero-order valence-corrected chi connectivity index (χ0v) is 9.89. The van der Waals surface area contributed by atoms with Crippen molar-refractivity contribution in [2.24, 2.45) is 5.73 Å². The normalized spacial score (nSPS) is 14.5. The Kier molecular flexibility index (Phi) is 3.78. The first-order valence-corrected chi connectivity index (χ1v) is 5.69. The van der Waals surface area contributed by atoms with E-state index in [4.69, 9.17) is 10.5 Å². The van der Waals surface area contributed by atoms with E-state index >= 15 is 0 Å². The zero-order valence-electron chi connectivity index (χ0n) is 9.89. The molecule has 2 rings (SSSR count). The number of nitrogens with zero attached hydrogens (tertiary/aromatic N) is 1. The quantitative estimate of drug-likeness (QED) is 0.815. The summed E-state index contributed by atoms with van der Waals surface area (Å²) in [6, 6.07) is 7.25. The van der Waals surface area contributed by atoms with Crippen LogP contribution in [0.3, 0.4) is 0 Å². The molecule has 0 spiro atoms. The highest BCUT2D eigenvalue weighted by Gasteiger charge is 2.23. The molecule has 0 aliphatic carbocycles. The average Bonchev–Trinajstić information content (AvgIpc) is 2.76. The maximum Gasteiger partial charge on any atom is 0.410 e. The SMILES string of the molecule is NCc1ccc(NC(=O)CN2CCOC2=O)cc1. The van der Waals surface area contributed by atoms with E-state index in [2.05, 4.69) is 5.32 Å². The van der Waals surface area contributed by atoms with Crippen LogP contribution in [-0.4, -0.2) is 36.6 Å². The van der Waals surface area contributed by atoms with Gasteiger partial charge < -0.3 is 15.8 Å². The van der Waals surface area contributed by atoms with Gasteiger partial charge in [0, 0.05) is 12.2 Å². The van der Waals surface area contributed by atoms with E-state index < -0.39 is 6.09 Å². The molecule has 0 aromatic heterocycles. The molecule has 6 heteroatoms. The van der Waals surface area contributed by atoms with Crippen molar-refractivity contribution in [3.05, 3.63) is 29.8 Å². The Hall–Kier alpha value is -2.08. The summed E-state index contributed by atoms with van der Waals surface area (Å²) in [5.41, 5.74) is 7.16. The van der Waals surface area contributed by atoms with E-state index in [0.29, 0.717) is 25.4 Å². The summed E-state index contributed by atoms with van der Waals surface area (Å²) < 4.78 is 4.74. The maximum atomic E-state index is 11.7. The van der Waals surface area contributed by atoms with Gasteiger partial charge in [0.2, 0.25) is 5.91 Å². The third kappa shape index (κ3) is 2.98. The van der Waals surface area contributed by atoms with Crippen LogP contribution in [0.5, 0.6) is 0 Å². The lowest BCUT2D eigenvalue weighted by Crippen LogP contribution is -2.33. The second-order valence-electron chi connectivity index (χ2n) is 3.99. The predicted molar refractivity (Wildman–Crippen MR) is 65.9 cm³/mol. The topological polar surface area (TPSA) is 84.7 Å². The summed E-state index contributed by atoms with van der Waals surface area (Å²) in [7, 11) is 0. The van der Waals surface area contributed by atoms with E-state index in [1.165, 1.54) is 4.90 Å². The van der Waals surface area contributed by atoms with Gasteiger partial charge in [-0.15, -0.1) is 0 Å². The van der Waals surface area contributed by atoms with Crippen LogP contribution in [0, 0.1) is 0 Å². The number of anilines is 1. The molecule has 1 aromatic carbocycles. The fourth-order valence-electron chi connectivity index (χ4n) is 1.67. The highest BCUT2D eigenvalue weighted by molar-refractivity contribution is 5.94. The molecule has 1 heterocycles. The predicted octanol–water partition coefficient (Wildman–Crippen LogP) is 0.536. The number of benzene rings is 1. The molecule has 6 nitrogen and oxygen atoms in total. The van der Waals surface area contributed by atoms with Gasteiger partial charge in [0.25, 0.3) is 0 Å². The molecule has 1 aromatic rings. The molecule has 0 saturated carbocycles. The summed E-state index contributed by atoms with van der Waals surface area (Å²) >= 11 is 0. The Morgan fingerprint density at radius 2 is 2.11 bits per heavy atom. The highest BCUT2D eigenvalue weighted by atomic mass is 16.6. The Bertz CT molecular complexity index is 444. The van der Waals surface area contributed by atoms with Crippen LogP contribution >= 0.6 is 0 Å². The lowest BCUT2D eigenvalue weighted by Gasteiger charge is -2.12. The minimum absolute atomic E-state index is 0.0114. The molecule has 2 amide bonds.